The summed E-state index contributed by atoms with van der Waals surface area (Å²) in [6, 6.07) is 0. The van der Waals surface area contributed by atoms with E-state index in [1.165, 1.54) is 19.3 Å². The van der Waals surface area contributed by atoms with Gasteiger partial charge in [0.2, 0.25) is 0 Å². The fourth-order valence-electron chi connectivity index (χ4n) is 4.42. The molecule has 0 amide bonds. The molecule has 2 fully saturated rings. The van der Waals surface area contributed by atoms with Crippen molar-refractivity contribution in [3.05, 3.63) is 0 Å². The van der Waals surface area contributed by atoms with E-state index >= 15 is 0 Å². The highest BCUT2D eigenvalue weighted by Gasteiger charge is 2.51. The number of rotatable bonds is 2. The van der Waals surface area contributed by atoms with Crippen molar-refractivity contribution < 1.29 is 9.84 Å². The van der Waals surface area contributed by atoms with Crippen LogP contribution in [0.2, 0.25) is 0 Å². The number of hydrogen-bond donors (Lipinski definition) is 1. The molecule has 0 aromatic rings. The van der Waals surface area contributed by atoms with Crippen LogP contribution in [0.15, 0.2) is 0 Å². The van der Waals surface area contributed by atoms with Gasteiger partial charge in [0.15, 0.2) is 6.29 Å². The van der Waals surface area contributed by atoms with E-state index in [1.807, 2.05) is 0 Å². The summed E-state index contributed by atoms with van der Waals surface area (Å²) in [5.41, 5.74) is 0.716. The maximum Gasteiger partial charge on any atom is 0.157 e. The highest BCUT2D eigenvalue weighted by Crippen LogP contribution is 2.53. The first-order chi connectivity index (χ1) is 8.57. The number of aliphatic hydroxyl groups excluding tert-OH is 1. The van der Waals surface area contributed by atoms with Gasteiger partial charge < -0.3 is 9.84 Å². The van der Waals surface area contributed by atoms with Crippen molar-refractivity contribution in [2.75, 3.05) is 6.61 Å². The number of fused-ring (bicyclic) bond motifs is 1. The highest BCUT2D eigenvalue weighted by atomic mass is 16.6. The first kappa shape index (κ1) is 15.3. The zero-order chi connectivity index (χ0) is 14.4. The average molecular weight is 268 g/mol. The molecule has 0 aromatic heterocycles. The Morgan fingerprint density at radius 3 is 2.00 bits per heavy atom. The zero-order valence-corrected chi connectivity index (χ0v) is 13.6. The number of ether oxygens (including phenoxy) is 1. The lowest BCUT2D eigenvalue weighted by Gasteiger charge is -2.28. The van der Waals surface area contributed by atoms with E-state index in [1.54, 1.807) is 0 Å². The van der Waals surface area contributed by atoms with E-state index in [9.17, 15) is 5.11 Å². The fourth-order valence-corrected chi connectivity index (χ4v) is 4.42. The van der Waals surface area contributed by atoms with Gasteiger partial charge in [-0.05, 0) is 47.8 Å². The maximum atomic E-state index is 10.2. The molecular formula is C17H32O2. The van der Waals surface area contributed by atoms with E-state index in [0.717, 1.165) is 12.5 Å². The summed E-state index contributed by atoms with van der Waals surface area (Å²) in [4.78, 5) is 0. The molecule has 2 rings (SSSR count). The molecule has 0 bridgehead atoms. The van der Waals surface area contributed by atoms with E-state index in [0.29, 0.717) is 28.6 Å². The Bertz CT molecular complexity index is 310. The molecule has 0 aromatic carbocycles. The normalized spacial score (nSPS) is 39.6. The molecule has 2 aliphatic rings. The van der Waals surface area contributed by atoms with Crippen LogP contribution in [0.25, 0.3) is 0 Å². The third-order valence-corrected chi connectivity index (χ3v) is 4.79. The van der Waals surface area contributed by atoms with E-state index in [2.05, 4.69) is 41.5 Å². The molecule has 0 spiro atoms. The molecule has 1 aliphatic carbocycles. The van der Waals surface area contributed by atoms with Crippen molar-refractivity contribution in [2.45, 2.75) is 67.1 Å². The standard InChI is InChI=1S/C17H32O2/c1-16(2,3)8-11-7-12(9-17(4,5)6)14-13(11)10-19-15(14)18/h11-15,18H,7-10H2,1-6H3. The Morgan fingerprint density at radius 1 is 0.947 bits per heavy atom. The topological polar surface area (TPSA) is 29.5 Å². The van der Waals surface area contributed by atoms with Gasteiger partial charge in [-0.1, -0.05) is 41.5 Å². The Morgan fingerprint density at radius 2 is 1.47 bits per heavy atom. The van der Waals surface area contributed by atoms with Crippen LogP contribution in [-0.2, 0) is 4.74 Å². The van der Waals surface area contributed by atoms with Crippen LogP contribution in [0.3, 0.4) is 0 Å². The van der Waals surface area contributed by atoms with Crippen LogP contribution in [0.4, 0.5) is 0 Å². The molecule has 1 N–H and O–H groups in total. The van der Waals surface area contributed by atoms with Gasteiger partial charge in [0, 0.05) is 5.92 Å². The lowest BCUT2D eigenvalue weighted by atomic mass is 9.78. The van der Waals surface area contributed by atoms with Gasteiger partial charge in [-0.3, -0.25) is 0 Å². The second-order valence-corrected chi connectivity index (χ2v) is 9.25. The highest BCUT2D eigenvalue weighted by molar-refractivity contribution is 4.97. The lowest BCUT2D eigenvalue weighted by molar-refractivity contribution is -0.0949. The molecule has 1 saturated carbocycles. The molecule has 19 heavy (non-hydrogen) atoms. The molecule has 1 saturated heterocycles. The largest absolute Gasteiger partial charge is 0.368 e. The Labute approximate surface area is 118 Å². The molecule has 0 radical (unpaired) electrons. The molecule has 5 unspecified atom stereocenters. The van der Waals surface area contributed by atoms with Crippen LogP contribution in [-0.4, -0.2) is 18.0 Å². The predicted octanol–water partition coefficient (Wildman–Crippen LogP) is 4.08. The minimum absolute atomic E-state index is 0.341. The molecule has 2 heteroatoms. The van der Waals surface area contributed by atoms with Gasteiger partial charge in [0.05, 0.1) is 6.61 Å². The monoisotopic (exact) mass is 268 g/mol. The van der Waals surface area contributed by atoms with Crippen molar-refractivity contribution in [3.8, 4) is 0 Å². The number of aliphatic hydroxyl groups is 1. The van der Waals surface area contributed by atoms with Crippen molar-refractivity contribution in [2.24, 2.45) is 34.5 Å². The van der Waals surface area contributed by atoms with Gasteiger partial charge in [-0.2, -0.15) is 0 Å². The van der Waals surface area contributed by atoms with E-state index in [4.69, 9.17) is 4.74 Å². The summed E-state index contributed by atoms with van der Waals surface area (Å²) in [7, 11) is 0. The SMILES string of the molecule is CC(C)(C)CC1CC(CC(C)(C)C)C2C(O)OCC12. The quantitative estimate of drug-likeness (QED) is 0.818. The Kier molecular flexibility index (Phi) is 4.06. The summed E-state index contributed by atoms with van der Waals surface area (Å²) < 4.78 is 5.56. The third kappa shape index (κ3) is 3.72. The minimum Gasteiger partial charge on any atom is -0.368 e. The second kappa shape index (κ2) is 5.04. The zero-order valence-electron chi connectivity index (χ0n) is 13.6. The predicted molar refractivity (Wildman–Crippen MR) is 78.7 cm³/mol. The first-order valence-electron chi connectivity index (χ1n) is 7.86. The van der Waals surface area contributed by atoms with Crippen LogP contribution in [0.1, 0.15) is 60.8 Å². The van der Waals surface area contributed by atoms with Crippen molar-refractivity contribution in [1.82, 2.24) is 0 Å². The van der Waals surface area contributed by atoms with Crippen LogP contribution in [0, 0.1) is 34.5 Å². The number of hydrogen-bond acceptors (Lipinski definition) is 2. The summed E-state index contributed by atoms with van der Waals surface area (Å²) in [5, 5.41) is 10.2. The minimum atomic E-state index is -0.512. The van der Waals surface area contributed by atoms with Crippen LogP contribution < -0.4 is 0 Å². The van der Waals surface area contributed by atoms with Gasteiger partial charge >= 0.3 is 0 Å². The molecule has 1 aliphatic heterocycles. The van der Waals surface area contributed by atoms with Crippen molar-refractivity contribution >= 4 is 0 Å². The fraction of sp³-hybridized carbons (Fsp3) is 1.00. The Balaban J connectivity index is 2.10. The Hall–Kier alpha value is -0.0800. The molecule has 1 heterocycles. The summed E-state index contributed by atoms with van der Waals surface area (Å²) in [5.74, 6) is 2.33. The van der Waals surface area contributed by atoms with Crippen LogP contribution >= 0.6 is 0 Å². The average Bonchev–Trinajstić information content (AvgIpc) is 2.66. The van der Waals surface area contributed by atoms with E-state index < -0.39 is 6.29 Å². The van der Waals surface area contributed by atoms with Gasteiger partial charge in [0.25, 0.3) is 0 Å². The summed E-state index contributed by atoms with van der Waals surface area (Å²) in [6.07, 6.45) is 3.23. The molecule has 112 valence electrons. The third-order valence-electron chi connectivity index (χ3n) is 4.79. The van der Waals surface area contributed by atoms with Gasteiger partial charge in [-0.25, -0.2) is 0 Å². The van der Waals surface area contributed by atoms with Crippen LogP contribution in [0.5, 0.6) is 0 Å². The van der Waals surface area contributed by atoms with Gasteiger partial charge in [-0.15, -0.1) is 0 Å². The summed E-state index contributed by atoms with van der Waals surface area (Å²) >= 11 is 0. The van der Waals surface area contributed by atoms with Crippen molar-refractivity contribution in [3.63, 3.8) is 0 Å². The van der Waals surface area contributed by atoms with Crippen molar-refractivity contribution in [1.29, 1.82) is 0 Å². The first-order valence-corrected chi connectivity index (χ1v) is 7.86. The maximum absolute atomic E-state index is 10.2. The van der Waals surface area contributed by atoms with E-state index in [-0.39, 0.29) is 0 Å². The summed E-state index contributed by atoms with van der Waals surface area (Å²) in [6.45, 7) is 14.7. The molecular weight excluding hydrogens is 236 g/mol. The second-order valence-electron chi connectivity index (χ2n) is 9.25. The molecule has 2 nitrogen and oxygen atoms in total. The van der Waals surface area contributed by atoms with Gasteiger partial charge in [0.1, 0.15) is 0 Å². The molecule has 5 atom stereocenters. The lowest BCUT2D eigenvalue weighted by Crippen LogP contribution is -2.26. The smallest absolute Gasteiger partial charge is 0.157 e.